The van der Waals surface area contributed by atoms with Gasteiger partial charge in [0.1, 0.15) is 5.82 Å². The number of aromatic nitrogens is 2. The van der Waals surface area contributed by atoms with E-state index >= 15 is 0 Å². The van der Waals surface area contributed by atoms with Crippen LogP contribution >= 0.6 is 0 Å². The summed E-state index contributed by atoms with van der Waals surface area (Å²) in [6.45, 7) is 0.793. The number of nitrogens with zero attached hydrogens (tertiary/aromatic N) is 1. The number of H-pyrrole nitrogens is 1. The van der Waals surface area contributed by atoms with Gasteiger partial charge in [-0.2, -0.15) is 0 Å². The van der Waals surface area contributed by atoms with Crippen LogP contribution in [0.4, 0.5) is 0 Å². The quantitative estimate of drug-likeness (QED) is 0.707. The van der Waals surface area contributed by atoms with Crippen LogP contribution < -0.4 is 10.6 Å². The predicted octanol–water partition coefficient (Wildman–Crippen LogP) is 0.722. The van der Waals surface area contributed by atoms with E-state index in [9.17, 15) is 9.59 Å². The molecule has 0 unspecified atom stereocenters. The Kier molecular flexibility index (Phi) is 4.94. The number of carbonyl (C=O) groups is 2. The summed E-state index contributed by atoms with van der Waals surface area (Å²) in [7, 11) is 0. The van der Waals surface area contributed by atoms with Gasteiger partial charge in [-0.15, -0.1) is 0 Å². The average Bonchev–Trinajstić information content (AvgIpc) is 3.09. The highest BCUT2D eigenvalue weighted by Crippen LogP contribution is 2.24. The molecule has 0 bridgehead atoms. The van der Waals surface area contributed by atoms with Gasteiger partial charge >= 0.3 is 0 Å². The minimum Gasteiger partial charge on any atom is -0.355 e. The fraction of sp³-hybridized carbons (Fsp3) is 0.615. The molecule has 1 aliphatic rings. The average molecular weight is 264 g/mol. The molecule has 1 fully saturated rings. The molecule has 3 N–H and O–H groups in total. The fourth-order valence-electron chi connectivity index (χ4n) is 2.30. The lowest BCUT2D eigenvalue weighted by molar-refractivity contribution is -0.125. The Morgan fingerprint density at radius 2 is 2.11 bits per heavy atom. The second-order valence-corrected chi connectivity index (χ2v) is 4.84. The smallest absolute Gasteiger partial charge is 0.223 e. The van der Waals surface area contributed by atoms with Crippen LogP contribution in [0.5, 0.6) is 0 Å². The zero-order valence-corrected chi connectivity index (χ0v) is 10.9. The molecule has 104 valence electrons. The molecule has 0 atom stereocenters. The van der Waals surface area contributed by atoms with Gasteiger partial charge < -0.3 is 15.6 Å². The number of nitrogens with one attached hydrogen (secondary N) is 3. The second kappa shape index (κ2) is 6.92. The first-order valence-corrected chi connectivity index (χ1v) is 6.78. The van der Waals surface area contributed by atoms with E-state index < -0.39 is 0 Å². The summed E-state index contributed by atoms with van der Waals surface area (Å²) < 4.78 is 0. The van der Waals surface area contributed by atoms with Gasteiger partial charge in [0.15, 0.2) is 0 Å². The van der Waals surface area contributed by atoms with Crippen molar-refractivity contribution in [2.75, 3.05) is 6.54 Å². The zero-order valence-electron chi connectivity index (χ0n) is 10.9. The lowest BCUT2D eigenvalue weighted by atomic mass is 10.1. The molecule has 1 aromatic rings. The number of rotatable bonds is 6. The summed E-state index contributed by atoms with van der Waals surface area (Å²) in [4.78, 5) is 30.2. The summed E-state index contributed by atoms with van der Waals surface area (Å²) in [6.07, 6.45) is 7.91. The Morgan fingerprint density at radius 3 is 2.79 bits per heavy atom. The number of carbonyl (C=O) groups excluding carboxylic acids is 2. The van der Waals surface area contributed by atoms with Crippen molar-refractivity contribution < 1.29 is 9.59 Å². The van der Waals surface area contributed by atoms with Crippen molar-refractivity contribution in [2.45, 2.75) is 38.6 Å². The van der Waals surface area contributed by atoms with Crippen molar-refractivity contribution >= 4 is 11.8 Å². The molecule has 6 nitrogen and oxygen atoms in total. The van der Waals surface area contributed by atoms with Crippen LogP contribution in [0.1, 0.15) is 37.9 Å². The lowest BCUT2D eigenvalue weighted by Gasteiger charge is -2.10. The minimum atomic E-state index is -0.0804. The maximum Gasteiger partial charge on any atom is 0.223 e. The molecular formula is C13H20N4O2. The first kappa shape index (κ1) is 13.6. The SMILES string of the molecule is O=C(CCNC(=O)C1CCCC1)NCc1ncc[nH]1. The van der Waals surface area contributed by atoms with Crippen LogP contribution in [-0.4, -0.2) is 28.3 Å². The molecule has 0 saturated heterocycles. The largest absolute Gasteiger partial charge is 0.355 e. The van der Waals surface area contributed by atoms with E-state index in [0.29, 0.717) is 19.5 Å². The van der Waals surface area contributed by atoms with Crippen LogP contribution in [0.25, 0.3) is 0 Å². The van der Waals surface area contributed by atoms with Crippen molar-refractivity contribution in [1.82, 2.24) is 20.6 Å². The Labute approximate surface area is 112 Å². The van der Waals surface area contributed by atoms with Gasteiger partial charge in [0.25, 0.3) is 0 Å². The van der Waals surface area contributed by atoms with E-state index in [0.717, 1.165) is 31.5 Å². The number of imidazole rings is 1. The first-order chi connectivity index (χ1) is 9.25. The van der Waals surface area contributed by atoms with Crippen LogP contribution in [0.3, 0.4) is 0 Å². The van der Waals surface area contributed by atoms with Gasteiger partial charge in [-0.25, -0.2) is 4.98 Å². The predicted molar refractivity (Wildman–Crippen MR) is 70.0 cm³/mol. The third kappa shape index (κ3) is 4.39. The molecule has 1 saturated carbocycles. The van der Waals surface area contributed by atoms with E-state index in [1.165, 1.54) is 0 Å². The Morgan fingerprint density at radius 1 is 1.32 bits per heavy atom. The van der Waals surface area contributed by atoms with Gasteiger partial charge in [0.05, 0.1) is 6.54 Å². The molecule has 2 amide bonds. The molecule has 2 rings (SSSR count). The number of aromatic amines is 1. The number of hydrogen-bond donors (Lipinski definition) is 3. The summed E-state index contributed by atoms with van der Waals surface area (Å²) in [5, 5.41) is 5.57. The van der Waals surface area contributed by atoms with Crippen molar-refractivity contribution in [1.29, 1.82) is 0 Å². The zero-order chi connectivity index (χ0) is 13.5. The highest BCUT2D eigenvalue weighted by atomic mass is 16.2. The van der Waals surface area contributed by atoms with E-state index in [1.54, 1.807) is 12.4 Å². The molecule has 1 aliphatic carbocycles. The molecule has 1 heterocycles. The van der Waals surface area contributed by atoms with Crippen molar-refractivity contribution in [2.24, 2.45) is 5.92 Å². The molecular weight excluding hydrogens is 244 g/mol. The Hall–Kier alpha value is -1.85. The Balaban J connectivity index is 1.57. The summed E-state index contributed by atoms with van der Waals surface area (Å²) >= 11 is 0. The maximum atomic E-state index is 11.7. The summed E-state index contributed by atoms with van der Waals surface area (Å²) in [5.41, 5.74) is 0. The van der Waals surface area contributed by atoms with Crippen LogP contribution in [0.2, 0.25) is 0 Å². The highest BCUT2D eigenvalue weighted by Gasteiger charge is 2.22. The van der Waals surface area contributed by atoms with Crippen molar-refractivity contribution in [3.8, 4) is 0 Å². The molecule has 0 aliphatic heterocycles. The van der Waals surface area contributed by atoms with Gasteiger partial charge in [-0.3, -0.25) is 9.59 Å². The van der Waals surface area contributed by atoms with E-state index in [-0.39, 0.29) is 17.7 Å². The van der Waals surface area contributed by atoms with Crippen LogP contribution in [0.15, 0.2) is 12.4 Å². The molecule has 0 spiro atoms. The minimum absolute atomic E-state index is 0.0804. The molecule has 0 radical (unpaired) electrons. The lowest BCUT2D eigenvalue weighted by Crippen LogP contribution is -2.33. The maximum absolute atomic E-state index is 11.7. The van der Waals surface area contributed by atoms with Crippen LogP contribution in [-0.2, 0) is 16.1 Å². The van der Waals surface area contributed by atoms with Gasteiger partial charge in [0, 0.05) is 31.3 Å². The second-order valence-electron chi connectivity index (χ2n) is 4.84. The first-order valence-electron chi connectivity index (χ1n) is 6.78. The molecule has 0 aromatic carbocycles. The topological polar surface area (TPSA) is 86.9 Å². The molecule has 19 heavy (non-hydrogen) atoms. The van der Waals surface area contributed by atoms with Gasteiger partial charge in [-0.05, 0) is 12.8 Å². The van der Waals surface area contributed by atoms with Gasteiger partial charge in [-0.1, -0.05) is 12.8 Å². The van der Waals surface area contributed by atoms with E-state index in [4.69, 9.17) is 0 Å². The number of amides is 2. The molecule has 6 heteroatoms. The van der Waals surface area contributed by atoms with Crippen LogP contribution in [0, 0.1) is 5.92 Å². The fourth-order valence-corrected chi connectivity index (χ4v) is 2.30. The van der Waals surface area contributed by atoms with Gasteiger partial charge in [0.2, 0.25) is 11.8 Å². The highest BCUT2D eigenvalue weighted by molar-refractivity contribution is 5.80. The van der Waals surface area contributed by atoms with Crippen molar-refractivity contribution in [3.63, 3.8) is 0 Å². The third-order valence-electron chi connectivity index (χ3n) is 3.39. The van der Waals surface area contributed by atoms with E-state index in [1.807, 2.05) is 0 Å². The third-order valence-corrected chi connectivity index (χ3v) is 3.39. The Bertz CT molecular complexity index is 410. The summed E-state index contributed by atoms with van der Waals surface area (Å²) in [6, 6.07) is 0. The normalized spacial score (nSPS) is 15.4. The van der Waals surface area contributed by atoms with E-state index in [2.05, 4.69) is 20.6 Å². The summed E-state index contributed by atoms with van der Waals surface area (Å²) in [5.74, 6) is 0.897. The van der Waals surface area contributed by atoms with Crippen molar-refractivity contribution in [3.05, 3.63) is 18.2 Å². The number of hydrogen-bond acceptors (Lipinski definition) is 3. The standard InChI is InChI=1S/C13H20N4O2/c18-12(17-9-11-14-7-8-15-11)5-6-16-13(19)10-3-1-2-4-10/h7-8,10H,1-6,9H2,(H,14,15)(H,16,19)(H,17,18). The molecule has 1 aromatic heterocycles. The monoisotopic (exact) mass is 264 g/mol.